The van der Waals surface area contributed by atoms with Crippen molar-refractivity contribution in [3.8, 4) is 0 Å². The minimum atomic E-state index is -3.02. The summed E-state index contributed by atoms with van der Waals surface area (Å²) in [5.41, 5.74) is 0.330. The first kappa shape index (κ1) is 17.1. The van der Waals surface area contributed by atoms with Gasteiger partial charge in [-0.1, -0.05) is 12.8 Å². The Morgan fingerprint density at radius 1 is 1.21 bits per heavy atom. The number of rotatable bonds is 3. The third-order valence-electron chi connectivity index (χ3n) is 4.88. The lowest BCUT2D eigenvalue weighted by Crippen LogP contribution is -2.38. The molecule has 0 radical (unpaired) electrons. The molecule has 2 aliphatic rings. The van der Waals surface area contributed by atoms with Crippen molar-refractivity contribution in [3.63, 3.8) is 0 Å². The Hall–Kier alpha value is -1.70. The molecule has 2 fully saturated rings. The Labute approximate surface area is 143 Å². The fraction of sp³-hybridized carbons (Fsp3) is 0.688. The van der Waals surface area contributed by atoms with Crippen LogP contribution in [0.15, 0.2) is 12.4 Å². The molecule has 7 nitrogen and oxygen atoms in total. The van der Waals surface area contributed by atoms with Gasteiger partial charge in [0.2, 0.25) is 0 Å². The molecule has 3 rings (SSSR count). The van der Waals surface area contributed by atoms with E-state index in [1.807, 2.05) is 0 Å². The molecule has 0 aliphatic carbocycles. The van der Waals surface area contributed by atoms with Crippen LogP contribution in [0.4, 0.5) is 5.82 Å². The van der Waals surface area contributed by atoms with E-state index in [0.717, 1.165) is 31.7 Å². The summed E-state index contributed by atoms with van der Waals surface area (Å²) in [4.78, 5) is 24.8. The van der Waals surface area contributed by atoms with Crippen LogP contribution in [0.1, 0.15) is 42.6 Å². The van der Waals surface area contributed by atoms with Gasteiger partial charge in [0.25, 0.3) is 5.91 Å². The molecule has 2 saturated heterocycles. The highest BCUT2D eigenvalue weighted by Gasteiger charge is 2.33. The Balaban J connectivity index is 1.74. The summed E-state index contributed by atoms with van der Waals surface area (Å²) in [5, 5.41) is 0. The summed E-state index contributed by atoms with van der Waals surface area (Å²) >= 11 is 0. The summed E-state index contributed by atoms with van der Waals surface area (Å²) in [6, 6.07) is 1.47. The van der Waals surface area contributed by atoms with Crippen molar-refractivity contribution >= 4 is 21.6 Å². The molecule has 1 unspecified atom stereocenters. The van der Waals surface area contributed by atoms with Gasteiger partial charge in [0.05, 0.1) is 11.5 Å². The van der Waals surface area contributed by atoms with Crippen molar-refractivity contribution in [1.29, 1.82) is 0 Å². The predicted molar refractivity (Wildman–Crippen MR) is 91.9 cm³/mol. The van der Waals surface area contributed by atoms with E-state index in [4.69, 9.17) is 0 Å². The second kappa shape index (κ2) is 7.04. The van der Waals surface area contributed by atoms with Crippen LogP contribution in [0, 0.1) is 0 Å². The van der Waals surface area contributed by atoms with Gasteiger partial charge in [-0.2, -0.15) is 0 Å². The molecule has 2 aliphatic heterocycles. The van der Waals surface area contributed by atoms with Crippen molar-refractivity contribution in [2.45, 2.75) is 38.1 Å². The van der Waals surface area contributed by atoms with Gasteiger partial charge in [0.1, 0.15) is 17.8 Å². The van der Waals surface area contributed by atoms with Gasteiger partial charge in [-0.3, -0.25) is 4.79 Å². The quantitative estimate of drug-likeness (QED) is 0.810. The molecular formula is C16H24N4O3S. The maximum Gasteiger partial charge on any atom is 0.272 e. The summed E-state index contributed by atoms with van der Waals surface area (Å²) in [7, 11) is -1.37. The van der Waals surface area contributed by atoms with Crippen molar-refractivity contribution < 1.29 is 13.2 Å². The molecule has 8 heteroatoms. The van der Waals surface area contributed by atoms with Crippen LogP contribution in [0.5, 0.6) is 0 Å². The van der Waals surface area contributed by atoms with Gasteiger partial charge in [-0.25, -0.2) is 18.4 Å². The largest absolute Gasteiger partial charge is 0.357 e. The van der Waals surface area contributed by atoms with Gasteiger partial charge in [-0.05, 0) is 19.3 Å². The Morgan fingerprint density at radius 2 is 1.92 bits per heavy atom. The van der Waals surface area contributed by atoms with Crippen LogP contribution in [-0.4, -0.2) is 66.9 Å². The fourth-order valence-electron chi connectivity index (χ4n) is 3.36. The Bertz CT molecular complexity index is 699. The lowest BCUT2D eigenvalue weighted by molar-refractivity contribution is 0.0741. The van der Waals surface area contributed by atoms with E-state index in [2.05, 4.69) is 14.9 Å². The maximum absolute atomic E-state index is 12.7. The van der Waals surface area contributed by atoms with Crippen LogP contribution in [0.25, 0.3) is 0 Å². The van der Waals surface area contributed by atoms with Crippen LogP contribution in [0.2, 0.25) is 0 Å². The first-order chi connectivity index (χ1) is 11.5. The van der Waals surface area contributed by atoms with E-state index in [9.17, 15) is 13.2 Å². The van der Waals surface area contributed by atoms with Crippen LogP contribution >= 0.6 is 0 Å². The Morgan fingerprint density at radius 3 is 2.54 bits per heavy atom. The molecular weight excluding hydrogens is 328 g/mol. The number of amides is 1. The van der Waals surface area contributed by atoms with Gasteiger partial charge < -0.3 is 9.80 Å². The molecule has 132 valence electrons. The number of aromatic nitrogens is 2. The van der Waals surface area contributed by atoms with E-state index >= 15 is 0 Å². The van der Waals surface area contributed by atoms with Crippen LogP contribution in [-0.2, 0) is 9.84 Å². The average molecular weight is 352 g/mol. The smallest absolute Gasteiger partial charge is 0.272 e. The van der Waals surface area contributed by atoms with Gasteiger partial charge in [0.15, 0.2) is 9.84 Å². The summed E-state index contributed by atoms with van der Waals surface area (Å²) < 4.78 is 23.3. The van der Waals surface area contributed by atoms with Crippen molar-refractivity contribution in [3.05, 3.63) is 18.1 Å². The van der Waals surface area contributed by atoms with E-state index in [1.165, 1.54) is 24.1 Å². The molecule has 0 saturated carbocycles. The fourth-order valence-corrected chi connectivity index (χ4v) is 5.14. The number of nitrogens with zero attached hydrogens (tertiary/aromatic N) is 4. The minimum Gasteiger partial charge on any atom is -0.357 e. The maximum atomic E-state index is 12.7. The zero-order valence-electron chi connectivity index (χ0n) is 14.0. The summed E-state index contributed by atoms with van der Waals surface area (Å²) in [6.45, 7) is 1.89. The molecule has 3 heterocycles. The Kier molecular flexibility index (Phi) is 5.03. The van der Waals surface area contributed by atoms with Crippen molar-refractivity contribution in [2.24, 2.45) is 0 Å². The third-order valence-corrected chi connectivity index (χ3v) is 6.63. The van der Waals surface area contributed by atoms with Crippen molar-refractivity contribution in [2.75, 3.05) is 36.5 Å². The highest BCUT2D eigenvalue weighted by molar-refractivity contribution is 7.91. The van der Waals surface area contributed by atoms with Crippen molar-refractivity contribution in [1.82, 2.24) is 14.9 Å². The average Bonchev–Trinajstić information content (AvgIpc) is 2.79. The topological polar surface area (TPSA) is 83.5 Å². The highest BCUT2D eigenvalue weighted by Crippen LogP contribution is 2.20. The lowest BCUT2D eigenvalue weighted by Gasteiger charge is -2.24. The normalized spacial score (nSPS) is 23.7. The zero-order valence-corrected chi connectivity index (χ0v) is 14.8. The zero-order chi connectivity index (χ0) is 17.2. The number of hydrogen-bond acceptors (Lipinski definition) is 6. The number of anilines is 1. The molecule has 0 bridgehead atoms. The molecule has 1 aromatic heterocycles. The second-order valence-corrected chi connectivity index (χ2v) is 8.86. The molecule has 0 N–H and O–H groups in total. The summed E-state index contributed by atoms with van der Waals surface area (Å²) in [5.74, 6) is 0.732. The monoisotopic (exact) mass is 352 g/mol. The standard InChI is InChI=1S/C16H24N4O3S/c1-19(13-6-9-24(22,23)11-13)16(21)14-10-15(18-12-17-14)20-7-4-2-3-5-8-20/h10,12-13H,2-9,11H2,1H3. The first-order valence-corrected chi connectivity index (χ1v) is 10.3. The molecule has 0 spiro atoms. The molecule has 1 atom stereocenters. The van der Waals surface area contributed by atoms with E-state index < -0.39 is 9.84 Å². The lowest BCUT2D eigenvalue weighted by atomic mass is 10.2. The van der Waals surface area contributed by atoms with Crippen LogP contribution in [0.3, 0.4) is 0 Å². The number of carbonyl (C=O) groups is 1. The van der Waals surface area contributed by atoms with Crippen LogP contribution < -0.4 is 4.90 Å². The minimum absolute atomic E-state index is 0.0410. The number of sulfone groups is 1. The van der Waals surface area contributed by atoms with Gasteiger partial charge >= 0.3 is 0 Å². The van der Waals surface area contributed by atoms with E-state index in [0.29, 0.717) is 12.1 Å². The van der Waals surface area contributed by atoms with Gasteiger partial charge in [-0.15, -0.1) is 0 Å². The number of carbonyl (C=O) groups excluding carboxylic acids is 1. The SMILES string of the molecule is CN(C(=O)c1cc(N2CCCCCC2)ncn1)C1CCS(=O)(=O)C1. The third kappa shape index (κ3) is 3.85. The molecule has 0 aromatic carbocycles. The highest BCUT2D eigenvalue weighted by atomic mass is 32.2. The molecule has 24 heavy (non-hydrogen) atoms. The summed E-state index contributed by atoms with van der Waals surface area (Å²) in [6.07, 6.45) is 6.64. The molecule has 1 aromatic rings. The van der Waals surface area contributed by atoms with E-state index in [1.54, 1.807) is 13.1 Å². The molecule has 1 amide bonds. The van der Waals surface area contributed by atoms with Gasteiger partial charge in [0, 0.05) is 32.2 Å². The van der Waals surface area contributed by atoms with E-state index in [-0.39, 0.29) is 23.5 Å². The second-order valence-electron chi connectivity index (χ2n) is 6.64. The predicted octanol–water partition coefficient (Wildman–Crippen LogP) is 1.12. The number of hydrogen-bond donors (Lipinski definition) is 0. The first-order valence-electron chi connectivity index (χ1n) is 8.51.